The zero-order valence-corrected chi connectivity index (χ0v) is 22.0. The summed E-state index contributed by atoms with van der Waals surface area (Å²) in [6, 6.07) is 12.4. The Hall–Kier alpha value is -2.35. The maximum absolute atomic E-state index is 5.29. The number of hydrogen-bond acceptors (Lipinski definition) is 8. The van der Waals surface area contributed by atoms with Crippen LogP contribution in [-0.4, -0.2) is 20.4 Å². The zero-order valence-electron chi connectivity index (χ0n) is 19.4. The van der Waals surface area contributed by atoms with E-state index in [4.69, 9.17) is 34.1 Å². The Morgan fingerprint density at radius 2 is 1.00 bits per heavy atom. The van der Waals surface area contributed by atoms with Crippen molar-refractivity contribution in [3.63, 3.8) is 0 Å². The van der Waals surface area contributed by atoms with E-state index in [2.05, 4.69) is 74.1 Å². The predicted octanol–water partition coefficient (Wildman–Crippen LogP) is 6.15. The molecule has 0 saturated heterocycles. The first-order chi connectivity index (χ1) is 15.2. The predicted molar refractivity (Wildman–Crippen MR) is 128 cm³/mol. The van der Waals surface area contributed by atoms with E-state index in [0.29, 0.717) is 23.6 Å². The number of aryl methyl sites for hydroxylation is 2. The molecule has 0 saturated carbocycles. The second-order valence-electron chi connectivity index (χ2n) is 8.24. The summed E-state index contributed by atoms with van der Waals surface area (Å²) in [5.74, 6) is 1.84. The van der Waals surface area contributed by atoms with Gasteiger partial charge in [0.15, 0.2) is 0 Å². The summed E-state index contributed by atoms with van der Waals surface area (Å²) in [4.78, 5) is 0. The van der Waals surface area contributed by atoms with E-state index in [1.165, 1.54) is 22.3 Å². The topological polar surface area (TPSA) is 77.8 Å². The molecule has 0 spiro atoms. The van der Waals surface area contributed by atoms with Gasteiger partial charge in [0.25, 0.3) is 0 Å². The van der Waals surface area contributed by atoms with Crippen molar-refractivity contribution in [1.82, 2.24) is 20.4 Å². The van der Waals surface area contributed by atoms with E-state index in [1.807, 2.05) is 24.3 Å². The summed E-state index contributed by atoms with van der Waals surface area (Å²) in [6.07, 6.45) is 0. The Labute approximate surface area is 215 Å². The Balaban J connectivity index is 0.000000227. The Morgan fingerprint density at radius 3 is 1.27 bits per heavy atom. The van der Waals surface area contributed by atoms with Gasteiger partial charge in [0.1, 0.15) is 0 Å². The first-order valence-electron chi connectivity index (χ1n) is 10.4. The molecule has 33 heavy (non-hydrogen) atoms. The maximum atomic E-state index is 5.29. The largest absolute Gasteiger partial charge is 2.00 e. The average Bonchev–Trinajstić information content (AvgIpc) is 3.36. The van der Waals surface area contributed by atoms with Crippen molar-refractivity contribution >= 4 is 25.3 Å². The van der Waals surface area contributed by atoms with Crippen LogP contribution in [-0.2, 0) is 41.7 Å². The quantitative estimate of drug-likeness (QED) is 0.232. The SMILES string of the molecule is Cc1ccc(-c2nnc([S-])o2)c(C(C)C)c1.Cc1ccc(-c2nnc([S-])o2)c(C(C)C)c1.[Ni+2]. The Bertz CT molecular complexity index is 1110. The average molecular weight is 525 g/mol. The van der Waals surface area contributed by atoms with Gasteiger partial charge in [0.05, 0.1) is 10.4 Å². The van der Waals surface area contributed by atoms with Gasteiger partial charge in [-0.3, -0.25) is 0 Å². The van der Waals surface area contributed by atoms with E-state index in [-0.39, 0.29) is 26.9 Å². The molecule has 176 valence electrons. The van der Waals surface area contributed by atoms with Crippen LogP contribution in [0.25, 0.3) is 22.9 Å². The summed E-state index contributed by atoms with van der Waals surface area (Å²) in [7, 11) is 0. The van der Waals surface area contributed by atoms with Gasteiger partial charge in [0, 0.05) is 11.1 Å². The van der Waals surface area contributed by atoms with Crippen molar-refractivity contribution in [2.45, 2.75) is 63.8 Å². The minimum atomic E-state index is 0. The summed E-state index contributed by atoms with van der Waals surface area (Å²) in [6.45, 7) is 12.7. The van der Waals surface area contributed by atoms with E-state index >= 15 is 0 Å². The van der Waals surface area contributed by atoms with Crippen molar-refractivity contribution in [2.75, 3.05) is 0 Å². The third kappa shape index (κ3) is 6.82. The third-order valence-corrected chi connectivity index (χ3v) is 5.26. The summed E-state index contributed by atoms with van der Waals surface area (Å²) < 4.78 is 10.6. The van der Waals surface area contributed by atoms with Crippen LogP contribution in [0.4, 0.5) is 0 Å². The minimum absolute atomic E-state index is 0. The summed E-state index contributed by atoms with van der Waals surface area (Å²) >= 11 is 9.65. The first-order valence-corrected chi connectivity index (χ1v) is 11.2. The molecule has 4 rings (SSSR count). The molecule has 0 unspecified atom stereocenters. The molecule has 0 N–H and O–H groups in total. The summed E-state index contributed by atoms with van der Waals surface area (Å²) in [5, 5.41) is 15.7. The van der Waals surface area contributed by atoms with Gasteiger partial charge in [-0.05, 0) is 48.9 Å². The van der Waals surface area contributed by atoms with Crippen LogP contribution in [0, 0.1) is 13.8 Å². The van der Waals surface area contributed by atoms with Gasteiger partial charge >= 0.3 is 16.5 Å². The van der Waals surface area contributed by atoms with Crippen molar-refractivity contribution in [2.24, 2.45) is 0 Å². The molecule has 6 nitrogen and oxygen atoms in total. The van der Waals surface area contributed by atoms with E-state index in [1.54, 1.807) is 0 Å². The van der Waals surface area contributed by atoms with Crippen molar-refractivity contribution in [3.05, 3.63) is 58.7 Å². The number of nitrogens with zero attached hydrogens (tertiary/aromatic N) is 4. The molecule has 0 fully saturated rings. The van der Waals surface area contributed by atoms with E-state index in [9.17, 15) is 0 Å². The van der Waals surface area contributed by atoms with Crippen LogP contribution < -0.4 is 0 Å². The van der Waals surface area contributed by atoms with Gasteiger partial charge in [0.2, 0.25) is 11.8 Å². The first kappa shape index (κ1) is 26.9. The molecular weight excluding hydrogens is 499 g/mol. The monoisotopic (exact) mass is 524 g/mol. The van der Waals surface area contributed by atoms with Crippen molar-refractivity contribution in [3.8, 4) is 22.9 Å². The van der Waals surface area contributed by atoms with Gasteiger partial charge in [-0.25, -0.2) is 0 Å². The molecule has 2 aromatic carbocycles. The van der Waals surface area contributed by atoms with Crippen LogP contribution in [0.2, 0.25) is 0 Å². The molecule has 0 aliphatic carbocycles. The molecule has 0 bridgehead atoms. The molecule has 0 radical (unpaired) electrons. The molecule has 0 amide bonds. The third-order valence-electron chi connectivity index (χ3n) is 4.93. The van der Waals surface area contributed by atoms with Gasteiger partial charge in [-0.2, -0.15) is 0 Å². The Kier molecular flexibility index (Phi) is 9.52. The van der Waals surface area contributed by atoms with E-state index < -0.39 is 0 Å². The fraction of sp³-hybridized carbons (Fsp3) is 0.333. The second-order valence-corrected chi connectivity index (χ2v) is 8.94. The molecule has 2 aromatic heterocycles. The zero-order chi connectivity index (χ0) is 23.4. The molecule has 0 atom stereocenters. The molecule has 2 heterocycles. The summed E-state index contributed by atoms with van der Waals surface area (Å²) in [5.41, 5.74) is 6.82. The van der Waals surface area contributed by atoms with Gasteiger partial charge in [-0.15, -0.1) is 20.4 Å². The maximum Gasteiger partial charge on any atom is 2.00 e. The molecule has 4 aromatic rings. The van der Waals surface area contributed by atoms with Gasteiger partial charge in [-0.1, -0.05) is 63.1 Å². The van der Waals surface area contributed by atoms with Crippen molar-refractivity contribution < 1.29 is 25.3 Å². The molecule has 0 aliphatic heterocycles. The van der Waals surface area contributed by atoms with Crippen LogP contribution >= 0.6 is 0 Å². The molecule has 0 aliphatic rings. The number of aromatic nitrogens is 4. The second kappa shape index (κ2) is 11.7. The fourth-order valence-corrected chi connectivity index (χ4v) is 3.59. The number of hydrogen-bond donors (Lipinski definition) is 0. The number of rotatable bonds is 4. The number of benzene rings is 2. The standard InChI is InChI=1S/2C12H14N2OS.Ni/c2*1-7(2)10-6-8(3)4-5-9(10)11-13-14-12(16)15-11;/h2*4-7H,1-3H3,(H,14,16);/q;;+2/p-2. The van der Waals surface area contributed by atoms with Crippen LogP contribution in [0.5, 0.6) is 0 Å². The molecular formula is C24H26N4NiO2S2. The van der Waals surface area contributed by atoms with Crippen LogP contribution in [0.3, 0.4) is 0 Å². The molecule has 9 heteroatoms. The van der Waals surface area contributed by atoms with Gasteiger partial charge < -0.3 is 34.1 Å². The Morgan fingerprint density at radius 1 is 0.636 bits per heavy atom. The van der Waals surface area contributed by atoms with Crippen LogP contribution in [0.1, 0.15) is 61.8 Å². The van der Waals surface area contributed by atoms with Crippen molar-refractivity contribution in [1.29, 1.82) is 0 Å². The minimum Gasteiger partial charge on any atom is -0.719 e. The smallest absolute Gasteiger partial charge is 0.719 e. The van der Waals surface area contributed by atoms with E-state index in [0.717, 1.165) is 11.1 Å². The van der Waals surface area contributed by atoms with Crippen LogP contribution in [0.15, 0.2) is 55.7 Å². The normalized spacial score (nSPS) is 10.7. The fourth-order valence-electron chi connectivity index (χ4n) is 3.35.